The largest absolute Gasteiger partial charge is 0.339 e. The van der Waals surface area contributed by atoms with Crippen molar-refractivity contribution in [1.29, 1.82) is 0 Å². The number of likely N-dealkylation sites (tertiary alicyclic amines) is 2. The van der Waals surface area contributed by atoms with E-state index in [1.807, 2.05) is 46.2 Å². The second-order valence-electron chi connectivity index (χ2n) is 9.16. The molecular weight excluding hydrogens is 386 g/mol. The Morgan fingerprint density at radius 1 is 0.935 bits per heavy atom. The molecule has 2 amide bonds. The summed E-state index contributed by atoms with van der Waals surface area (Å²) in [5.74, 6) is 0.285. The van der Waals surface area contributed by atoms with Crippen molar-refractivity contribution in [3.05, 3.63) is 59.2 Å². The first-order valence-corrected chi connectivity index (χ1v) is 11.7. The fraction of sp³-hybridized carbons (Fsp3) is 0.462. The molecule has 3 aliphatic rings. The number of carbonyl (C=O) groups is 2. The van der Waals surface area contributed by atoms with Crippen LogP contribution in [0, 0.1) is 0 Å². The number of carbonyl (C=O) groups excluding carboxylic acids is 2. The standard InChI is InChI=1S/C26H31N3O2/c1-19-4-2-12-27(19)16-17-29-15-11-23-18-22(9-10-24(23)26(29)31)20-5-7-21(8-6-20)25(30)28-13-3-14-28/h5-10,18-19H,2-4,11-17H2,1H3/t19-/m1/s1. The molecule has 2 fully saturated rings. The quantitative estimate of drug-likeness (QED) is 0.745. The Bertz CT molecular complexity index is 981. The molecule has 0 N–H and O–H groups in total. The fourth-order valence-electron chi connectivity index (χ4n) is 5.01. The molecule has 2 aromatic rings. The summed E-state index contributed by atoms with van der Waals surface area (Å²) < 4.78 is 0. The van der Waals surface area contributed by atoms with Crippen LogP contribution in [0.5, 0.6) is 0 Å². The first kappa shape index (κ1) is 20.3. The maximum Gasteiger partial charge on any atom is 0.254 e. The van der Waals surface area contributed by atoms with Gasteiger partial charge in [0, 0.05) is 49.9 Å². The minimum atomic E-state index is 0.122. The zero-order valence-corrected chi connectivity index (χ0v) is 18.3. The zero-order valence-electron chi connectivity index (χ0n) is 18.3. The van der Waals surface area contributed by atoms with Gasteiger partial charge in [0.2, 0.25) is 0 Å². The van der Waals surface area contributed by atoms with Crippen molar-refractivity contribution in [1.82, 2.24) is 14.7 Å². The molecule has 5 nitrogen and oxygen atoms in total. The summed E-state index contributed by atoms with van der Waals surface area (Å²) in [4.78, 5) is 31.8. The average Bonchev–Trinajstić information content (AvgIpc) is 3.16. The Kier molecular flexibility index (Phi) is 5.53. The van der Waals surface area contributed by atoms with E-state index in [0.29, 0.717) is 6.04 Å². The number of amides is 2. The summed E-state index contributed by atoms with van der Waals surface area (Å²) in [6.45, 7) is 7.77. The third-order valence-electron chi connectivity index (χ3n) is 7.23. The molecular formula is C26H31N3O2. The Balaban J connectivity index is 1.26. The molecule has 5 heteroatoms. The molecule has 0 radical (unpaired) electrons. The molecule has 0 spiro atoms. The van der Waals surface area contributed by atoms with E-state index in [2.05, 4.69) is 17.9 Å². The lowest BCUT2D eigenvalue weighted by Gasteiger charge is -2.31. The third-order valence-corrected chi connectivity index (χ3v) is 7.23. The van der Waals surface area contributed by atoms with Crippen LogP contribution in [0.1, 0.15) is 52.5 Å². The van der Waals surface area contributed by atoms with E-state index in [1.54, 1.807) is 0 Å². The molecule has 0 bridgehead atoms. The van der Waals surface area contributed by atoms with Gasteiger partial charge in [-0.2, -0.15) is 0 Å². The summed E-state index contributed by atoms with van der Waals surface area (Å²) >= 11 is 0. The van der Waals surface area contributed by atoms with Crippen molar-refractivity contribution in [2.45, 2.75) is 38.6 Å². The van der Waals surface area contributed by atoms with Crippen LogP contribution in [0.25, 0.3) is 11.1 Å². The highest BCUT2D eigenvalue weighted by Gasteiger charge is 2.27. The molecule has 0 saturated carbocycles. The van der Waals surface area contributed by atoms with Gasteiger partial charge in [-0.15, -0.1) is 0 Å². The summed E-state index contributed by atoms with van der Waals surface area (Å²) in [5, 5.41) is 0. The highest BCUT2D eigenvalue weighted by molar-refractivity contribution is 5.98. The molecule has 1 atom stereocenters. The van der Waals surface area contributed by atoms with Gasteiger partial charge in [-0.05, 0) is 74.0 Å². The smallest absolute Gasteiger partial charge is 0.254 e. The summed E-state index contributed by atoms with van der Waals surface area (Å²) in [6, 6.07) is 14.7. The first-order valence-electron chi connectivity index (χ1n) is 11.7. The molecule has 0 unspecified atom stereocenters. The highest BCUT2D eigenvalue weighted by atomic mass is 16.2. The number of fused-ring (bicyclic) bond motifs is 1. The number of rotatable bonds is 5. The van der Waals surface area contributed by atoms with Gasteiger partial charge in [0.25, 0.3) is 11.8 Å². The van der Waals surface area contributed by atoms with Crippen molar-refractivity contribution in [3.8, 4) is 11.1 Å². The van der Waals surface area contributed by atoms with E-state index in [9.17, 15) is 9.59 Å². The van der Waals surface area contributed by atoms with E-state index >= 15 is 0 Å². The number of hydrogen-bond acceptors (Lipinski definition) is 3. The molecule has 5 rings (SSSR count). The summed E-state index contributed by atoms with van der Waals surface area (Å²) in [7, 11) is 0. The molecule has 162 valence electrons. The van der Waals surface area contributed by atoms with Crippen molar-refractivity contribution < 1.29 is 9.59 Å². The van der Waals surface area contributed by atoms with Crippen molar-refractivity contribution in [2.24, 2.45) is 0 Å². The first-order chi connectivity index (χ1) is 15.1. The van der Waals surface area contributed by atoms with E-state index in [4.69, 9.17) is 0 Å². The lowest BCUT2D eigenvalue weighted by molar-refractivity contribution is 0.0651. The number of nitrogens with zero attached hydrogens (tertiary/aromatic N) is 3. The maximum absolute atomic E-state index is 13.0. The zero-order chi connectivity index (χ0) is 21.4. The van der Waals surface area contributed by atoms with Crippen LogP contribution in [-0.2, 0) is 6.42 Å². The second kappa shape index (κ2) is 8.46. The molecule has 3 heterocycles. The third kappa shape index (κ3) is 3.99. The van der Waals surface area contributed by atoms with Crippen LogP contribution in [0.2, 0.25) is 0 Å². The molecule has 0 aromatic heterocycles. The Hall–Kier alpha value is -2.66. The van der Waals surface area contributed by atoms with E-state index < -0.39 is 0 Å². The minimum absolute atomic E-state index is 0.122. The van der Waals surface area contributed by atoms with Crippen LogP contribution in [0.4, 0.5) is 0 Å². The van der Waals surface area contributed by atoms with Gasteiger partial charge in [0.05, 0.1) is 0 Å². The average molecular weight is 418 g/mol. The predicted molar refractivity (Wildman–Crippen MR) is 122 cm³/mol. The lowest BCUT2D eigenvalue weighted by atomic mass is 9.93. The van der Waals surface area contributed by atoms with Crippen LogP contribution < -0.4 is 0 Å². The Morgan fingerprint density at radius 3 is 2.39 bits per heavy atom. The van der Waals surface area contributed by atoms with Gasteiger partial charge in [-0.25, -0.2) is 0 Å². The van der Waals surface area contributed by atoms with Crippen LogP contribution in [0.15, 0.2) is 42.5 Å². The van der Waals surface area contributed by atoms with Crippen molar-refractivity contribution in [2.75, 3.05) is 39.3 Å². The van der Waals surface area contributed by atoms with Crippen LogP contribution in [0.3, 0.4) is 0 Å². The van der Waals surface area contributed by atoms with Crippen LogP contribution in [-0.4, -0.2) is 71.8 Å². The van der Waals surface area contributed by atoms with Crippen molar-refractivity contribution in [3.63, 3.8) is 0 Å². The normalized spacial score (nSPS) is 21.2. The Morgan fingerprint density at radius 2 is 1.71 bits per heavy atom. The Labute approximate surface area is 184 Å². The number of benzene rings is 2. The second-order valence-corrected chi connectivity index (χ2v) is 9.16. The topological polar surface area (TPSA) is 43.9 Å². The molecule has 31 heavy (non-hydrogen) atoms. The van der Waals surface area contributed by atoms with Gasteiger partial charge in [-0.1, -0.05) is 24.3 Å². The summed E-state index contributed by atoms with van der Waals surface area (Å²) in [5.41, 5.74) is 4.91. The van der Waals surface area contributed by atoms with Crippen LogP contribution >= 0.6 is 0 Å². The molecule has 2 saturated heterocycles. The van der Waals surface area contributed by atoms with Gasteiger partial charge in [0.15, 0.2) is 0 Å². The van der Waals surface area contributed by atoms with Crippen molar-refractivity contribution >= 4 is 11.8 Å². The molecule has 3 aliphatic heterocycles. The fourth-order valence-corrected chi connectivity index (χ4v) is 5.01. The monoisotopic (exact) mass is 417 g/mol. The summed E-state index contributed by atoms with van der Waals surface area (Å²) in [6.07, 6.45) is 4.55. The maximum atomic E-state index is 13.0. The van der Waals surface area contributed by atoms with E-state index in [-0.39, 0.29) is 11.8 Å². The van der Waals surface area contributed by atoms with Gasteiger partial charge in [-0.3, -0.25) is 14.5 Å². The van der Waals surface area contributed by atoms with Gasteiger partial charge < -0.3 is 9.80 Å². The molecule has 2 aromatic carbocycles. The van der Waals surface area contributed by atoms with Gasteiger partial charge >= 0.3 is 0 Å². The molecule has 0 aliphatic carbocycles. The lowest BCUT2D eigenvalue weighted by Crippen LogP contribution is -2.43. The predicted octanol–water partition coefficient (Wildman–Crippen LogP) is 3.68. The number of hydrogen-bond donors (Lipinski definition) is 0. The van der Waals surface area contributed by atoms with E-state index in [0.717, 1.165) is 79.9 Å². The minimum Gasteiger partial charge on any atom is -0.339 e. The van der Waals surface area contributed by atoms with Gasteiger partial charge in [0.1, 0.15) is 0 Å². The SMILES string of the molecule is C[C@@H]1CCCN1CCN1CCc2cc(-c3ccc(C(=O)N4CCC4)cc3)ccc2C1=O. The highest BCUT2D eigenvalue weighted by Crippen LogP contribution is 2.27. The van der Waals surface area contributed by atoms with E-state index in [1.165, 1.54) is 12.8 Å².